The maximum absolute atomic E-state index is 13.2. The number of nitrogens with zero attached hydrogens (tertiary/aromatic N) is 6. The van der Waals surface area contributed by atoms with Crippen molar-refractivity contribution in [2.24, 2.45) is 0 Å². The molecular weight excluding hydrogens is 524 g/mol. The van der Waals surface area contributed by atoms with Gasteiger partial charge >= 0.3 is 6.09 Å². The van der Waals surface area contributed by atoms with Gasteiger partial charge in [-0.25, -0.2) is 9.31 Å². The lowest BCUT2D eigenvalue weighted by Gasteiger charge is -2.20. The zero-order chi connectivity index (χ0) is 28.5. The van der Waals surface area contributed by atoms with E-state index in [9.17, 15) is 14.4 Å². The van der Waals surface area contributed by atoms with Crippen LogP contribution < -0.4 is 15.5 Å². The Morgan fingerprint density at radius 3 is 2.61 bits per heavy atom. The van der Waals surface area contributed by atoms with Crippen molar-refractivity contribution in [3.63, 3.8) is 0 Å². The van der Waals surface area contributed by atoms with E-state index in [1.807, 2.05) is 30.3 Å². The number of amides is 3. The molecule has 1 atom stereocenters. The Morgan fingerprint density at radius 1 is 1.07 bits per heavy atom. The summed E-state index contributed by atoms with van der Waals surface area (Å²) < 4.78 is 6.56. The third-order valence-corrected chi connectivity index (χ3v) is 7.56. The number of nitrogens with one attached hydrogen (secondary N) is 2. The highest BCUT2D eigenvalue weighted by Gasteiger charge is 2.24. The number of fused-ring (bicyclic) bond motifs is 1. The third-order valence-electron chi connectivity index (χ3n) is 7.56. The monoisotopic (exact) mass is 554 g/mol. The molecule has 0 radical (unpaired) electrons. The smallest absolute Gasteiger partial charge is 0.414 e. The van der Waals surface area contributed by atoms with Crippen molar-refractivity contribution in [1.29, 1.82) is 0 Å². The van der Waals surface area contributed by atoms with Crippen LogP contribution in [0, 0.1) is 6.92 Å². The molecule has 41 heavy (non-hydrogen) atoms. The van der Waals surface area contributed by atoms with Crippen LogP contribution in [-0.4, -0.2) is 74.9 Å². The fourth-order valence-electron chi connectivity index (χ4n) is 5.21. The molecular formula is C29H30N8O4. The molecule has 1 aromatic carbocycles. The second-order valence-corrected chi connectivity index (χ2v) is 10.3. The Kier molecular flexibility index (Phi) is 7.06. The molecule has 0 unspecified atom stereocenters. The highest BCUT2D eigenvalue weighted by Crippen LogP contribution is 2.26. The van der Waals surface area contributed by atoms with Crippen molar-refractivity contribution in [2.45, 2.75) is 32.7 Å². The minimum atomic E-state index is -0.436. The quantitative estimate of drug-likeness (QED) is 0.353. The number of hydrogen-bond acceptors (Lipinski definition) is 8. The lowest BCUT2D eigenvalue weighted by molar-refractivity contribution is -0.117. The summed E-state index contributed by atoms with van der Waals surface area (Å²) in [5.74, 6) is -0.552. The molecule has 2 fully saturated rings. The van der Waals surface area contributed by atoms with E-state index in [1.54, 1.807) is 40.9 Å². The number of anilines is 3. The zero-order valence-corrected chi connectivity index (χ0v) is 22.8. The van der Waals surface area contributed by atoms with E-state index in [4.69, 9.17) is 4.74 Å². The summed E-state index contributed by atoms with van der Waals surface area (Å²) in [5.41, 5.74) is 4.85. The Morgan fingerprint density at radius 2 is 1.88 bits per heavy atom. The molecule has 2 aliphatic heterocycles. The van der Waals surface area contributed by atoms with E-state index < -0.39 is 5.91 Å². The van der Waals surface area contributed by atoms with Crippen molar-refractivity contribution in [2.75, 3.05) is 41.8 Å². The van der Waals surface area contributed by atoms with Crippen LogP contribution in [0.25, 0.3) is 16.6 Å². The van der Waals surface area contributed by atoms with Crippen LogP contribution in [0.1, 0.15) is 35.9 Å². The number of hydrogen-bond donors (Lipinski definition) is 2. The van der Waals surface area contributed by atoms with Crippen LogP contribution in [0.5, 0.6) is 0 Å². The first-order valence-electron chi connectivity index (χ1n) is 13.6. The molecule has 0 spiro atoms. The number of ether oxygens (including phenoxy) is 1. The maximum atomic E-state index is 13.2. The predicted molar refractivity (Wildman–Crippen MR) is 153 cm³/mol. The van der Waals surface area contributed by atoms with Crippen LogP contribution in [-0.2, 0) is 9.53 Å². The van der Waals surface area contributed by atoms with Gasteiger partial charge in [0, 0.05) is 23.5 Å². The standard InChI is InChI=1S/C29H30N8O4/c1-18-4-3-11-35(18)17-26(38)31-22-14-24(19(2)30-15-22)32-28(39)27-25-10-7-21(16-37(25)34-33-27)20-5-8-23(9-6-20)36-12-13-41-29(36)40/h5-10,14-16,18H,3-4,11-13,17H2,1-2H3,(H,31,38)(H,32,39)/t18-/m0/s1. The average Bonchev–Trinajstić information content (AvgIpc) is 3.70. The molecule has 0 bridgehead atoms. The van der Waals surface area contributed by atoms with Gasteiger partial charge in [0.1, 0.15) is 6.61 Å². The number of aromatic nitrogens is 4. The van der Waals surface area contributed by atoms with Crippen molar-refractivity contribution in [1.82, 2.24) is 24.7 Å². The highest BCUT2D eigenvalue weighted by atomic mass is 16.6. The molecule has 0 aliphatic carbocycles. The normalized spacial score (nSPS) is 17.2. The zero-order valence-electron chi connectivity index (χ0n) is 22.8. The van der Waals surface area contributed by atoms with Gasteiger partial charge in [-0.05, 0) is 63.1 Å². The fraction of sp³-hybridized carbons (Fsp3) is 0.310. The molecule has 3 amide bonds. The Balaban J connectivity index is 1.15. The van der Waals surface area contributed by atoms with Crippen molar-refractivity contribution < 1.29 is 19.1 Å². The van der Waals surface area contributed by atoms with Gasteiger partial charge in [-0.2, -0.15) is 0 Å². The molecule has 6 rings (SSSR count). The first kappa shape index (κ1) is 26.4. The summed E-state index contributed by atoms with van der Waals surface area (Å²) in [7, 11) is 0. The topological polar surface area (TPSA) is 134 Å². The molecule has 2 saturated heterocycles. The number of cyclic esters (lactones) is 1. The van der Waals surface area contributed by atoms with Crippen molar-refractivity contribution >= 4 is 40.5 Å². The molecule has 210 valence electrons. The first-order valence-corrected chi connectivity index (χ1v) is 13.6. The van der Waals surface area contributed by atoms with E-state index in [0.29, 0.717) is 48.3 Å². The second-order valence-electron chi connectivity index (χ2n) is 10.3. The van der Waals surface area contributed by atoms with E-state index in [0.717, 1.165) is 36.2 Å². The van der Waals surface area contributed by atoms with Gasteiger partial charge in [0.2, 0.25) is 5.91 Å². The molecule has 2 aliphatic rings. The minimum absolute atomic E-state index is 0.116. The van der Waals surface area contributed by atoms with Crippen LogP contribution in [0.2, 0.25) is 0 Å². The van der Waals surface area contributed by atoms with E-state index in [2.05, 4.69) is 37.8 Å². The molecule has 2 N–H and O–H groups in total. The number of carbonyl (C=O) groups excluding carboxylic acids is 3. The summed E-state index contributed by atoms with van der Waals surface area (Å²) in [6, 6.07) is 13.3. The van der Waals surface area contributed by atoms with Gasteiger partial charge in [0.15, 0.2) is 5.69 Å². The first-order chi connectivity index (χ1) is 19.9. The summed E-state index contributed by atoms with van der Waals surface area (Å²) in [6.45, 7) is 6.06. The van der Waals surface area contributed by atoms with Gasteiger partial charge in [0.25, 0.3) is 5.91 Å². The Labute approximate surface area is 236 Å². The molecule has 12 heteroatoms. The lowest BCUT2D eigenvalue weighted by atomic mass is 10.1. The molecule has 4 aromatic rings. The third kappa shape index (κ3) is 5.46. The number of aryl methyl sites for hydroxylation is 1. The molecule has 12 nitrogen and oxygen atoms in total. The van der Waals surface area contributed by atoms with Crippen LogP contribution in [0.3, 0.4) is 0 Å². The molecule has 3 aromatic heterocycles. The number of pyridine rings is 2. The summed E-state index contributed by atoms with van der Waals surface area (Å²) in [5, 5.41) is 14.0. The van der Waals surface area contributed by atoms with Gasteiger partial charge in [-0.1, -0.05) is 23.4 Å². The van der Waals surface area contributed by atoms with Gasteiger partial charge in [0.05, 0.1) is 41.9 Å². The number of carbonyl (C=O) groups is 3. The maximum Gasteiger partial charge on any atom is 0.414 e. The predicted octanol–water partition coefficient (Wildman–Crippen LogP) is 3.73. The van der Waals surface area contributed by atoms with E-state index in [1.165, 1.54) is 0 Å². The fourth-order valence-corrected chi connectivity index (χ4v) is 5.21. The van der Waals surface area contributed by atoms with Crippen molar-refractivity contribution in [3.8, 4) is 11.1 Å². The Hall–Kier alpha value is -4.84. The van der Waals surface area contributed by atoms with Crippen LogP contribution in [0.4, 0.5) is 21.9 Å². The van der Waals surface area contributed by atoms with Crippen LogP contribution in [0.15, 0.2) is 54.9 Å². The average molecular weight is 555 g/mol. The highest BCUT2D eigenvalue weighted by molar-refractivity contribution is 6.08. The number of likely N-dealkylation sites (tertiary alicyclic amines) is 1. The SMILES string of the molecule is Cc1ncc(NC(=O)CN2CCC[C@@H]2C)cc1NC(=O)c1nnn2cc(-c3ccc(N4CCOC4=O)cc3)ccc12. The van der Waals surface area contributed by atoms with Gasteiger partial charge in [-0.15, -0.1) is 5.10 Å². The minimum Gasteiger partial charge on any atom is -0.447 e. The number of benzene rings is 1. The summed E-state index contributed by atoms with van der Waals surface area (Å²) in [6.07, 6.45) is 5.22. The van der Waals surface area contributed by atoms with Crippen molar-refractivity contribution in [3.05, 3.63) is 66.2 Å². The van der Waals surface area contributed by atoms with E-state index >= 15 is 0 Å². The second kappa shape index (κ2) is 11.0. The van der Waals surface area contributed by atoms with Gasteiger partial charge < -0.3 is 15.4 Å². The lowest BCUT2D eigenvalue weighted by Crippen LogP contribution is -2.35. The molecule has 0 saturated carbocycles. The summed E-state index contributed by atoms with van der Waals surface area (Å²) in [4.78, 5) is 45.7. The largest absolute Gasteiger partial charge is 0.447 e. The van der Waals surface area contributed by atoms with E-state index in [-0.39, 0.29) is 17.7 Å². The number of rotatable bonds is 7. The molecule has 5 heterocycles. The Bertz CT molecular complexity index is 1630. The van der Waals surface area contributed by atoms with Crippen LogP contribution >= 0.6 is 0 Å². The van der Waals surface area contributed by atoms with Gasteiger partial charge in [-0.3, -0.25) is 24.4 Å². The summed E-state index contributed by atoms with van der Waals surface area (Å²) >= 11 is 0.